The van der Waals surface area contributed by atoms with Crippen LogP contribution in [0.1, 0.15) is 16.9 Å². The number of carbonyl (C=O) groups is 1. The van der Waals surface area contributed by atoms with Crippen molar-refractivity contribution in [3.63, 3.8) is 0 Å². The molecular weight excluding hydrogens is 439 g/mol. The molecule has 0 N–H and O–H groups in total. The third-order valence-electron chi connectivity index (χ3n) is 4.95. The summed E-state index contributed by atoms with van der Waals surface area (Å²) in [6, 6.07) is 13.1. The standard InChI is InChI=1S/C22H18ClFN4O2S/c1-14-9-11-31-20(14)13-27(15-6-7-18(24)17(23)12-15)21(29)8-10-28-22(30)16-4-2-3-5-19(16)25-26-28/h2-7,9,11-12H,8,10,13H2,1H3. The van der Waals surface area contributed by atoms with Gasteiger partial charge in [-0.1, -0.05) is 28.9 Å². The maximum Gasteiger partial charge on any atom is 0.277 e. The third kappa shape index (κ3) is 4.50. The fraction of sp³-hybridized carbons (Fsp3) is 0.182. The largest absolute Gasteiger partial charge is 0.307 e. The van der Waals surface area contributed by atoms with Crippen LogP contribution in [-0.2, 0) is 17.9 Å². The number of fused-ring (bicyclic) bond motifs is 1. The topological polar surface area (TPSA) is 68.1 Å². The smallest absolute Gasteiger partial charge is 0.277 e. The molecule has 4 rings (SSSR count). The van der Waals surface area contributed by atoms with Crippen LogP contribution < -0.4 is 10.5 Å². The lowest BCUT2D eigenvalue weighted by Gasteiger charge is -2.23. The lowest BCUT2D eigenvalue weighted by molar-refractivity contribution is -0.119. The van der Waals surface area contributed by atoms with Crippen LogP contribution in [0.5, 0.6) is 0 Å². The van der Waals surface area contributed by atoms with Gasteiger partial charge in [0.2, 0.25) is 5.91 Å². The maximum atomic E-state index is 13.7. The van der Waals surface area contributed by atoms with E-state index >= 15 is 0 Å². The number of anilines is 1. The van der Waals surface area contributed by atoms with E-state index in [0.717, 1.165) is 10.4 Å². The Bertz CT molecular complexity index is 1320. The zero-order valence-electron chi connectivity index (χ0n) is 16.6. The number of benzene rings is 2. The van der Waals surface area contributed by atoms with Gasteiger partial charge in [-0.3, -0.25) is 9.59 Å². The van der Waals surface area contributed by atoms with Gasteiger partial charge in [0.15, 0.2) is 0 Å². The summed E-state index contributed by atoms with van der Waals surface area (Å²) in [7, 11) is 0. The second-order valence-corrected chi connectivity index (χ2v) is 8.40. The van der Waals surface area contributed by atoms with E-state index < -0.39 is 5.82 Å². The molecule has 2 aromatic carbocycles. The lowest BCUT2D eigenvalue weighted by Crippen LogP contribution is -2.33. The van der Waals surface area contributed by atoms with Gasteiger partial charge in [-0.25, -0.2) is 9.07 Å². The summed E-state index contributed by atoms with van der Waals surface area (Å²) in [5, 5.41) is 10.3. The molecule has 0 radical (unpaired) electrons. The molecule has 0 saturated heterocycles. The Labute approximate surface area is 186 Å². The van der Waals surface area contributed by atoms with Gasteiger partial charge in [-0.2, -0.15) is 0 Å². The second-order valence-electron chi connectivity index (χ2n) is 6.99. The first kappa shape index (κ1) is 21.1. The number of nitrogens with zero attached hydrogens (tertiary/aromatic N) is 4. The Morgan fingerprint density at radius 3 is 2.77 bits per heavy atom. The van der Waals surface area contributed by atoms with Crippen molar-refractivity contribution in [2.45, 2.75) is 26.4 Å². The molecule has 6 nitrogen and oxygen atoms in total. The number of aryl methyl sites for hydroxylation is 2. The number of rotatable bonds is 6. The fourth-order valence-electron chi connectivity index (χ4n) is 3.19. The maximum absolute atomic E-state index is 13.7. The highest BCUT2D eigenvalue weighted by atomic mass is 35.5. The second kappa shape index (κ2) is 8.95. The van der Waals surface area contributed by atoms with Crippen LogP contribution in [0.3, 0.4) is 0 Å². The monoisotopic (exact) mass is 456 g/mol. The molecule has 0 saturated carbocycles. The van der Waals surface area contributed by atoms with Gasteiger partial charge in [-0.05, 0) is 54.3 Å². The summed E-state index contributed by atoms with van der Waals surface area (Å²) in [5.74, 6) is -0.791. The Hall–Kier alpha value is -3.10. The predicted molar refractivity (Wildman–Crippen MR) is 120 cm³/mol. The number of amides is 1. The Kier molecular flexibility index (Phi) is 6.11. The molecule has 4 aromatic rings. The van der Waals surface area contributed by atoms with Gasteiger partial charge in [-0.15, -0.1) is 16.4 Å². The fourth-order valence-corrected chi connectivity index (χ4v) is 4.26. The van der Waals surface area contributed by atoms with Gasteiger partial charge in [0.1, 0.15) is 11.3 Å². The zero-order valence-corrected chi connectivity index (χ0v) is 18.2. The summed E-state index contributed by atoms with van der Waals surface area (Å²) >= 11 is 7.49. The summed E-state index contributed by atoms with van der Waals surface area (Å²) in [4.78, 5) is 28.4. The molecule has 0 aliphatic carbocycles. The number of hydrogen-bond donors (Lipinski definition) is 0. The minimum absolute atomic E-state index is 0.0202. The van der Waals surface area contributed by atoms with Crippen molar-refractivity contribution in [3.8, 4) is 0 Å². The van der Waals surface area contributed by atoms with Crippen molar-refractivity contribution >= 4 is 45.4 Å². The first-order valence-corrected chi connectivity index (χ1v) is 10.8. The summed E-state index contributed by atoms with van der Waals surface area (Å²) in [6.07, 6.45) is 0.0202. The molecule has 2 heterocycles. The van der Waals surface area contributed by atoms with E-state index in [0.29, 0.717) is 23.1 Å². The van der Waals surface area contributed by atoms with E-state index in [1.165, 1.54) is 34.2 Å². The van der Waals surface area contributed by atoms with E-state index in [1.807, 2.05) is 18.4 Å². The lowest BCUT2D eigenvalue weighted by atomic mass is 10.2. The van der Waals surface area contributed by atoms with Crippen molar-refractivity contribution in [3.05, 3.63) is 85.5 Å². The molecule has 2 aromatic heterocycles. The van der Waals surface area contributed by atoms with Crippen LogP contribution in [0, 0.1) is 12.7 Å². The van der Waals surface area contributed by atoms with Gasteiger partial charge >= 0.3 is 0 Å². The molecule has 0 aliphatic heterocycles. The quantitative estimate of drug-likeness (QED) is 0.426. The average Bonchev–Trinajstić information content (AvgIpc) is 3.18. The zero-order chi connectivity index (χ0) is 22.0. The normalized spacial score (nSPS) is 11.1. The highest BCUT2D eigenvalue weighted by molar-refractivity contribution is 7.10. The van der Waals surface area contributed by atoms with Crippen molar-refractivity contribution in [1.29, 1.82) is 0 Å². The van der Waals surface area contributed by atoms with E-state index in [4.69, 9.17) is 11.6 Å². The Balaban J connectivity index is 1.60. The number of carbonyl (C=O) groups excluding carboxylic acids is 1. The Morgan fingerprint density at radius 2 is 2.03 bits per heavy atom. The highest BCUT2D eigenvalue weighted by Crippen LogP contribution is 2.27. The average molecular weight is 457 g/mol. The van der Waals surface area contributed by atoms with Crippen molar-refractivity contribution < 1.29 is 9.18 Å². The molecule has 158 valence electrons. The van der Waals surface area contributed by atoms with Crippen LogP contribution in [0.15, 0.2) is 58.7 Å². The first-order chi connectivity index (χ1) is 14.9. The molecule has 1 amide bonds. The molecule has 0 atom stereocenters. The van der Waals surface area contributed by atoms with E-state index in [2.05, 4.69) is 10.3 Å². The van der Waals surface area contributed by atoms with Crippen molar-refractivity contribution in [2.75, 3.05) is 4.90 Å². The molecule has 31 heavy (non-hydrogen) atoms. The molecule has 9 heteroatoms. The third-order valence-corrected chi connectivity index (χ3v) is 6.25. The number of aromatic nitrogens is 3. The van der Waals surface area contributed by atoms with E-state index in [-0.39, 0.29) is 29.5 Å². The van der Waals surface area contributed by atoms with Gasteiger partial charge in [0.05, 0.1) is 23.5 Å². The summed E-state index contributed by atoms with van der Waals surface area (Å²) in [5.41, 5.74) is 1.75. The van der Waals surface area contributed by atoms with Crippen molar-refractivity contribution in [2.24, 2.45) is 0 Å². The first-order valence-electron chi connectivity index (χ1n) is 9.55. The molecular formula is C22H18ClFN4O2S. The van der Waals surface area contributed by atoms with Gasteiger partial charge in [0.25, 0.3) is 5.56 Å². The number of thiophene rings is 1. The SMILES string of the molecule is Cc1ccsc1CN(C(=O)CCn1nnc2ccccc2c1=O)c1ccc(F)c(Cl)c1. The Morgan fingerprint density at radius 1 is 1.23 bits per heavy atom. The highest BCUT2D eigenvalue weighted by Gasteiger charge is 2.20. The van der Waals surface area contributed by atoms with Crippen LogP contribution in [0.4, 0.5) is 10.1 Å². The molecule has 0 fully saturated rings. The van der Waals surface area contributed by atoms with Crippen molar-refractivity contribution in [1.82, 2.24) is 15.0 Å². The molecule has 0 unspecified atom stereocenters. The minimum atomic E-state index is -0.553. The molecule has 0 aliphatic rings. The van der Waals surface area contributed by atoms with Gasteiger partial charge in [0, 0.05) is 17.0 Å². The van der Waals surface area contributed by atoms with Crippen LogP contribution in [-0.4, -0.2) is 20.9 Å². The summed E-state index contributed by atoms with van der Waals surface area (Å²) in [6.45, 7) is 2.36. The van der Waals surface area contributed by atoms with E-state index in [1.54, 1.807) is 29.2 Å². The summed E-state index contributed by atoms with van der Waals surface area (Å²) < 4.78 is 14.8. The number of halogens is 2. The van der Waals surface area contributed by atoms with Crippen LogP contribution in [0.2, 0.25) is 5.02 Å². The number of hydrogen-bond acceptors (Lipinski definition) is 5. The predicted octanol–water partition coefficient (Wildman–Crippen LogP) is 4.58. The van der Waals surface area contributed by atoms with Gasteiger partial charge < -0.3 is 4.90 Å². The van der Waals surface area contributed by atoms with E-state index in [9.17, 15) is 14.0 Å². The van der Waals surface area contributed by atoms with Crippen LogP contribution in [0.25, 0.3) is 10.9 Å². The molecule has 0 bridgehead atoms. The van der Waals surface area contributed by atoms with Crippen LogP contribution >= 0.6 is 22.9 Å². The molecule has 0 spiro atoms. The minimum Gasteiger partial charge on any atom is -0.307 e.